The van der Waals surface area contributed by atoms with Gasteiger partial charge in [0.25, 0.3) is 0 Å². The predicted molar refractivity (Wildman–Crippen MR) is 76.1 cm³/mol. The highest BCUT2D eigenvalue weighted by Gasteiger charge is 2.11. The van der Waals surface area contributed by atoms with E-state index in [1.807, 2.05) is 6.08 Å². The second kappa shape index (κ2) is 6.57. The highest BCUT2D eigenvalue weighted by atomic mass is 16.5. The maximum absolute atomic E-state index is 11.3. The monoisotopic (exact) mass is 265 g/mol. The summed E-state index contributed by atoms with van der Waals surface area (Å²) in [5.74, 6) is 0.450. The minimum absolute atomic E-state index is 0.0780. The zero-order chi connectivity index (χ0) is 14.5. The zero-order valence-corrected chi connectivity index (χ0v) is 12.4. The maximum atomic E-state index is 11.3. The highest BCUT2D eigenvalue weighted by molar-refractivity contribution is 5.86. The Kier molecular flexibility index (Phi) is 5.36. The van der Waals surface area contributed by atoms with E-state index in [-0.39, 0.29) is 11.3 Å². The number of hydrogen-bond acceptors (Lipinski definition) is 4. The van der Waals surface area contributed by atoms with Gasteiger partial charge in [-0.05, 0) is 45.4 Å². The van der Waals surface area contributed by atoms with E-state index in [0.29, 0.717) is 5.76 Å². The Bertz CT molecular complexity index is 452. The number of methoxy groups -OCH3 is 1. The van der Waals surface area contributed by atoms with Crippen molar-refractivity contribution in [2.45, 2.75) is 39.7 Å². The second-order valence-electron chi connectivity index (χ2n) is 5.45. The number of carbonyl (C=O) groups is 1. The van der Waals surface area contributed by atoms with Crippen molar-refractivity contribution in [3.63, 3.8) is 0 Å². The topological polar surface area (TPSA) is 51.5 Å². The van der Waals surface area contributed by atoms with Gasteiger partial charge in [0.1, 0.15) is 5.76 Å². The molecular weight excluding hydrogens is 242 g/mol. The number of nitrogens with one attached hydrogen (secondary N) is 1. The fourth-order valence-electron chi connectivity index (χ4n) is 1.50. The lowest BCUT2D eigenvalue weighted by Crippen LogP contribution is -2.36. The highest BCUT2D eigenvalue weighted by Crippen LogP contribution is 2.14. The minimum Gasteiger partial charge on any atom is -0.463 e. The van der Waals surface area contributed by atoms with Crippen LogP contribution < -0.4 is 5.32 Å². The lowest BCUT2D eigenvalue weighted by atomic mass is 10.1. The van der Waals surface area contributed by atoms with Gasteiger partial charge in [-0.3, -0.25) is 0 Å². The van der Waals surface area contributed by atoms with Crippen LogP contribution in [0.25, 0.3) is 6.08 Å². The number of carbonyl (C=O) groups excluding carboxylic acids is 1. The van der Waals surface area contributed by atoms with Gasteiger partial charge in [0, 0.05) is 12.1 Å². The third-order valence-electron chi connectivity index (χ3n) is 2.66. The SMILES string of the molecule is CCC(=Cc1ccc(C(=O)OC)o1)CNC(C)(C)C. The average molecular weight is 265 g/mol. The first-order valence-electron chi connectivity index (χ1n) is 6.48. The molecule has 1 N–H and O–H groups in total. The Balaban J connectivity index is 2.75. The summed E-state index contributed by atoms with van der Waals surface area (Å²) in [6, 6.07) is 3.40. The van der Waals surface area contributed by atoms with Crippen molar-refractivity contribution in [2.24, 2.45) is 0 Å². The van der Waals surface area contributed by atoms with Gasteiger partial charge >= 0.3 is 5.97 Å². The van der Waals surface area contributed by atoms with Crippen LogP contribution in [-0.4, -0.2) is 25.2 Å². The first kappa shape index (κ1) is 15.5. The Labute approximate surface area is 114 Å². The molecule has 0 saturated heterocycles. The smallest absolute Gasteiger partial charge is 0.373 e. The Morgan fingerprint density at radius 3 is 2.63 bits per heavy atom. The molecule has 0 aliphatic heterocycles. The molecule has 0 aliphatic carbocycles. The van der Waals surface area contributed by atoms with Crippen molar-refractivity contribution in [3.05, 3.63) is 29.2 Å². The van der Waals surface area contributed by atoms with Crippen LogP contribution in [0.3, 0.4) is 0 Å². The van der Waals surface area contributed by atoms with E-state index in [4.69, 9.17) is 4.42 Å². The van der Waals surface area contributed by atoms with Crippen molar-refractivity contribution in [1.82, 2.24) is 5.32 Å². The molecule has 0 unspecified atom stereocenters. The van der Waals surface area contributed by atoms with Gasteiger partial charge in [0.05, 0.1) is 7.11 Å². The molecule has 0 saturated carbocycles. The second-order valence-corrected chi connectivity index (χ2v) is 5.45. The summed E-state index contributed by atoms with van der Waals surface area (Å²) in [5.41, 5.74) is 1.30. The van der Waals surface area contributed by atoms with Gasteiger partial charge in [0.15, 0.2) is 0 Å². The molecule has 4 nitrogen and oxygen atoms in total. The van der Waals surface area contributed by atoms with E-state index in [1.54, 1.807) is 12.1 Å². The van der Waals surface area contributed by atoms with Gasteiger partial charge in [-0.25, -0.2) is 4.79 Å². The minimum atomic E-state index is -0.453. The van der Waals surface area contributed by atoms with Crippen molar-refractivity contribution in [3.8, 4) is 0 Å². The standard InChI is InChI=1S/C15H23NO3/c1-6-11(10-16-15(2,3)4)9-12-7-8-13(19-12)14(17)18-5/h7-9,16H,6,10H2,1-5H3. The van der Waals surface area contributed by atoms with Crippen LogP contribution in [0.15, 0.2) is 22.1 Å². The van der Waals surface area contributed by atoms with Crippen LogP contribution in [0.5, 0.6) is 0 Å². The summed E-state index contributed by atoms with van der Waals surface area (Å²) in [7, 11) is 1.34. The van der Waals surface area contributed by atoms with E-state index < -0.39 is 5.97 Å². The van der Waals surface area contributed by atoms with Gasteiger partial charge in [-0.1, -0.05) is 12.5 Å². The van der Waals surface area contributed by atoms with Crippen LogP contribution in [0.2, 0.25) is 0 Å². The van der Waals surface area contributed by atoms with E-state index in [1.165, 1.54) is 12.7 Å². The third kappa shape index (κ3) is 5.30. The van der Waals surface area contributed by atoms with E-state index in [0.717, 1.165) is 13.0 Å². The molecule has 1 rings (SSSR count). The fourth-order valence-corrected chi connectivity index (χ4v) is 1.50. The van der Waals surface area contributed by atoms with E-state index in [2.05, 4.69) is 37.7 Å². The summed E-state index contributed by atoms with van der Waals surface area (Å²) in [5, 5.41) is 3.43. The average Bonchev–Trinajstić information content (AvgIpc) is 2.80. The molecule has 19 heavy (non-hydrogen) atoms. The van der Waals surface area contributed by atoms with E-state index in [9.17, 15) is 4.79 Å². The van der Waals surface area contributed by atoms with Crippen molar-refractivity contribution < 1.29 is 13.9 Å². The van der Waals surface area contributed by atoms with Crippen molar-refractivity contribution in [2.75, 3.05) is 13.7 Å². The molecule has 106 valence electrons. The normalized spacial score (nSPS) is 12.6. The Hall–Kier alpha value is -1.55. The zero-order valence-electron chi connectivity index (χ0n) is 12.4. The molecule has 0 atom stereocenters. The van der Waals surface area contributed by atoms with Crippen LogP contribution >= 0.6 is 0 Å². The van der Waals surface area contributed by atoms with Gasteiger partial charge in [-0.2, -0.15) is 0 Å². The number of esters is 1. The molecular formula is C15H23NO3. The fraction of sp³-hybridized carbons (Fsp3) is 0.533. The Morgan fingerprint density at radius 2 is 2.11 bits per heavy atom. The predicted octanol–water partition coefficient (Wildman–Crippen LogP) is 3.25. The quantitative estimate of drug-likeness (QED) is 0.830. The number of ether oxygens (including phenoxy) is 1. The number of hydrogen-bond donors (Lipinski definition) is 1. The molecule has 0 spiro atoms. The Morgan fingerprint density at radius 1 is 1.42 bits per heavy atom. The molecule has 1 aromatic heterocycles. The number of furan rings is 1. The summed E-state index contributed by atoms with van der Waals surface area (Å²) in [6.07, 6.45) is 2.89. The molecule has 1 heterocycles. The number of rotatable bonds is 5. The maximum Gasteiger partial charge on any atom is 0.373 e. The molecule has 0 radical (unpaired) electrons. The van der Waals surface area contributed by atoms with Crippen LogP contribution in [0.1, 0.15) is 50.4 Å². The summed E-state index contributed by atoms with van der Waals surface area (Å²) in [6.45, 7) is 9.28. The first-order chi connectivity index (χ1) is 8.85. The van der Waals surface area contributed by atoms with Crippen molar-refractivity contribution in [1.29, 1.82) is 0 Å². The van der Waals surface area contributed by atoms with Crippen LogP contribution in [0, 0.1) is 0 Å². The molecule has 0 aliphatic rings. The third-order valence-corrected chi connectivity index (χ3v) is 2.66. The first-order valence-corrected chi connectivity index (χ1v) is 6.48. The molecule has 0 bridgehead atoms. The molecule has 4 heteroatoms. The lowest BCUT2D eigenvalue weighted by molar-refractivity contribution is 0.0564. The van der Waals surface area contributed by atoms with Gasteiger partial charge in [0.2, 0.25) is 5.76 Å². The van der Waals surface area contributed by atoms with E-state index >= 15 is 0 Å². The summed E-state index contributed by atoms with van der Waals surface area (Å²) < 4.78 is 10.0. The summed E-state index contributed by atoms with van der Waals surface area (Å²) in [4.78, 5) is 11.3. The van der Waals surface area contributed by atoms with Gasteiger partial charge in [-0.15, -0.1) is 0 Å². The van der Waals surface area contributed by atoms with Crippen LogP contribution in [0.4, 0.5) is 0 Å². The lowest BCUT2D eigenvalue weighted by Gasteiger charge is -2.21. The molecule has 0 aromatic carbocycles. The van der Waals surface area contributed by atoms with Crippen molar-refractivity contribution >= 4 is 12.0 Å². The summed E-state index contributed by atoms with van der Waals surface area (Å²) >= 11 is 0. The largest absolute Gasteiger partial charge is 0.463 e. The van der Waals surface area contributed by atoms with Gasteiger partial charge < -0.3 is 14.5 Å². The van der Waals surface area contributed by atoms with Crippen LogP contribution in [-0.2, 0) is 4.74 Å². The molecule has 0 amide bonds. The molecule has 0 fully saturated rings. The molecule has 1 aromatic rings.